The quantitative estimate of drug-likeness (QED) is 0.297. The Kier molecular flexibility index (Phi) is 9.99. The second-order valence-corrected chi connectivity index (χ2v) is 5.60. The molecule has 0 amide bonds. The van der Waals surface area contributed by atoms with Crippen LogP contribution in [0.3, 0.4) is 0 Å². The van der Waals surface area contributed by atoms with Crippen LogP contribution >= 0.6 is 35.6 Å². The molecular weight excluding hydrogens is 444 g/mol. The molecule has 1 heterocycles. The first kappa shape index (κ1) is 22.4. The van der Waals surface area contributed by atoms with Crippen molar-refractivity contribution >= 4 is 41.5 Å². The van der Waals surface area contributed by atoms with E-state index in [1.54, 1.807) is 7.05 Å². The molecular formula is C14H23ClF3IN4. The molecule has 0 unspecified atom stereocenters. The summed E-state index contributed by atoms with van der Waals surface area (Å²) in [6, 6.07) is 1.87. The van der Waals surface area contributed by atoms with Gasteiger partial charge in [-0.05, 0) is 18.9 Å². The first-order valence-electron chi connectivity index (χ1n) is 7.02. The fraction of sp³-hybridized carbons (Fsp3) is 0.643. The van der Waals surface area contributed by atoms with Crippen LogP contribution in [0.15, 0.2) is 17.3 Å². The van der Waals surface area contributed by atoms with E-state index in [4.69, 9.17) is 11.6 Å². The molecule has 1 N–H and O–H groups in total. The van der Waals surface area contributed by atoms with Crippen molar-refractivity contribution in [2.24, 2.45) is 12.0 Å². The van der Waals surface area contributed by atoms with Crippen molar-refractivity contribution < 1.29 is 13.2 Å². The number of nitrogens with zero attached hydrogens (tertiary/aromatic N) is 3. The van der Waals surface area contributed by atoms with Crippen LogP contribution in [0.4, 0.5) is 13.2 Å². The zero-order valence-electron chi connectivity index (χ0n) is 13.5. The minimum absolute atomic E-state index is 0. The average Bonchev–Trinajstić information content (AvgIpc) is 2.70. The Labute approximate surface area is 157 Å². The highest BCUT2D eigenvalue weighted by molar-refractivity contribution is 14.0. The topological polar surface area (TPSA) is 32.6 Å². The summed E-state index contributed by atoms with van der Waals surface area (Å²) in [5, 5.41) is 3.74. The number of alkyl halides is 3. The van der Waals surface area contributed by atoms with Gasteiger partial charge < -0.3 is 14.8 Å². The van der Waals surface area contributed by atoms with Gasteiger partial charge in [-0.1, -0.05) is 11.6 Å². The number of nitrogens with one attached hydrogen (secondary N) is 1. The number of unbranched alkanes of at least 4 members (excludes halogenated alkanes) is 1. The fourth-order valence-electron chi connectivity index (χ4n) is 2.08. The SMILES string of the molecule is CN=C(NCCCCC(F)(F)F)N(C)Cc1cc(Cl)cn1C.I. The summed E-state index contributed by atoms with van der Waals surface area (Å²) in [6.07, 6.45) is -2.44. The molecule has 0 saturated carbocycles. The molecule has 0 aliphatic carbocycles. The maximum Gasteiger partial charge on any atom is 0.389 e. The lowest BCUT2D eigenvalue weighted by Crippen LogP contribution is -2.39. The van der Waals surface area contributed by atoms with Gasteiger partial charge in [-0.3, -0.25) is 4.99 Å². The largest absolute Gasteiger partial charge is 0.389 e. The Hall–Kier alpha value is -0.640. The summed E-state index contributed by atoms with van der Waals surface area (Å²) >= 11 is 5.94. The molecule has 0 aliphatic rings. The second kappa shape index (κ2) is 10.3. The Morgan fingerprint density at radius 3 is 2.52 bits per heavy atom. The predicted molar refractivity (Wildman–Crippen MR) is 98.6 cm³/mol. The van der Waals surface area contributed by atoms with E-state index in [1.165, 1.54) is 0 Å². The summed E-state index contributed by atoms with van der Waals surface area (Å²) in [7, 11) is 5.42. The van der Waals surface area contributed by atoms with Crippen molar-refractivity contribution in [3.63, 3.8) is 0 Å². The molecule has 0 bridgehead atoms. The van der Waals surface area contributed by atoms with E-state index < -0.39 is 12.6 Å². The highest BCUT2D eigenvalue weighted by Crippen LogP contribution is 2.21. The van der Waals surface area contributed by atoms with Crippen molar-refractivity contribution in [2.45, 2.75) is 32.0 Å². The molecule has 0 atom stereocenters. The minimum Gasteiger partial charge on any atom is -0.356 e. The Morgan fingerprint density at radius 2 is 2.04 bits per heavy atom. The van der Waals surface area contributed by atoms with Gasteiger partial charge in [0.05, 0.1) is 11.6 Å². The van der Waals surface area contributed by atoms with Crippen LogP contribution in [0.25, 0.3) is 0 Å². The van der Waals surface area contributed by atoms with Crippen LogP contribution in [0.2, 0.25) is 5.02 Å². The van der Waals surface area contributed by atoms with E-state index >= 15 is 0 Å². The van der Waals surface area contributed by atoms with Gasteiger partial charge in [0.15, 0.2) is 5.96 Å². The molecule has 0 radical (unpaired) electrons. The Balaban J connectivity index is 0.00000484. The number of hydrogen-bond donors (Lipinski definition) is 1. The van der Waals surface area contributed by atoms with Crippen LogP contribution in [0, 0.1) is 0 Å². The number of aliphatic imine (C=N–C) groups is 1. The first-order valence-corrected chi connectivity index (χ1v) is 7.40. The smallest absolute Gasteiger partial charge is 0.356 e. The third-order valence-corrected chi connectivity index (χ3v) is 3.42. The van der Waals surface area contributed by atoms with Gasteiger partial charge in [0.1, 0.15) is 0 Å². The van der Waals surface area contributed by atoms with E-state index in [2.05, 4.69) is 10.3 Å². The Bertz CT molecular complexity index is 503. The lowest BCUT2D eigenvalue weighted by molar-refractivity contribution is -0.135. The third-order valence-electron chi connectivity index (χ3n) is 3.22. The summed E-state index contributed by atoms with van der Waals surface area (Å²) in [4.78, 5) is 6.03. The van der Waals surface area contributed by atoms with Crippen molar-refractivity contribution in [2.75, 3.05) is 20.6 Å². The molecule has 0 fully saturated rings. The summed E-state index contributed by atoms with van der Waals surface area (Å²) in [5.74, 6) is 0.643. The zero-order chi connectivity index (χ0) is 16.8. The maximum absolute atomic E-state index is 12.1. The van der Waals surface area contributed by atoms with Crippen LogP contribution < -0.4 is 5.32 Å². The third kappa shape index (κ3) is 8.69. The highest BCUT2D eigenvalue weighted by atomic mass is 127. The summed E-state index contributed by atoms with van der Waals surface area (Å²) in [6.45, 7) is 1.06. The van der Waals surface area contributed by atoms with Crippen LogP contribution in [-0.4, -0.2) is 42.2 Å². The van der Waals surface area contributed by atoms with Gasteiger partial charge >= 0.3 is 6.18 Å². The van der Waals surface area contributed by atoms with Crippen LogP contribution in [0.1, 0.15) is 25.0 Å². The van der Waals surface area contributed by atoms with E-state index in [1.807, 2.05) is 35.8 Å². The lowest BCUT2D eigenvalue weighted by Gasteiger charge is -2.22. The standard InChI is InChI=1S/C14H22ClF3N4.HI/c1-19-13(20-7-5-4-6-14(16,17)18)22(3)10-12-8-11(15)9-21(12)2;/h8-9H,4-7,10H2,1-3H3,(H,19,20);1H. The first-order chi connectivity index (χ1) is 10.2. The predicted octanol–water partition coefficient (Wildman–Crippen LogP) is 4.04. The van der Waals surface area contributed by atoms with E-state index in [0.29, 0.717) is 30.5 Å². The molecule has 4 nitrogen and oxygen atoms in total. The molecule has 0 aromatic carbocycles. The van der Waals surface area contributed by atoms with Crippen LogP contribution in [-0.2, 0) is 13.6 Å². The normalized spacial score (nSPS) is 12.0. The average molecular weight is 467 g/mol. The number of guanidine groups is 1. The zero-order valence-corrected chi connectivity index (χ0v) is 16.5. The van der Waals surface area contributed by atoms with Gasteiger partial charge in [-0.15, -0.1) is 24.0 Å². The van der Waals surface area contributed by atoms with Crippen molar-refractivity contribution in [3.8, 4) is 0 Å². The molecule has 1 aromatic heterocycles. The minimum atomic E-state index is -4.08. The maximum atomic E-state index is 12.1. The van der Waals surface area contributed by atoms with Crippen molar-refractivity contribution in [1.29, 1.82) is 0 Å². The molecule has 23 heavy (non-hydrogen) atoms. The molecule has 1 rings (SSSR count). The number of rotatable bonds is 6. The molecule has 9 heteroatoms. The molecule has 0 spiro atoms. The molecule has 134 valence electrons. The van der Waals surface area contributed by atoms with Gasteiger partial charge in [-0.2, -0.15) is 13.2 Å². The van der Waals surface area contributed by atoms with Gasteiger partial charge in [-0.25, -0.2) is 0 Å². The second-order valence-electron chi connectivity index (χ2n) is 5.16. The van der Waals surface area contributed by atoms with E-state index in [9.17, 15) is 13.2 Å². The highest BCUT2D eigenvalue weighted by Gasteiger charge is 2.25. The number of hydrogen-bond acceptors (Lipinski definition) is 1. The Morgan fingerprint density at radius 1 is 1.39 bits per heavy atom. The number of aryl methyl sites for hydroxylation is 1. The fourth-order valence-corrected chi connectivity index (χ4v) is 2.35. The number of aromatic nitrogens is 1. The van der Waals surface area contributed by atoms with Crippen molar-refractivity contribution in [1.82, 2.24) is 14.8 Å². The lowest BCUT2D eigenvalue weighted by atomic mass is 10.2. The van der Waals surface area contributed by atoms with E-state index in [0.717, 1.165) is 5.69 Å². The molecule has 0 aliphatic heterocycles. The monoisotopic (exact) mass is 466 g/mol. The molecule has 0 saturated heterocycles. The van der Waals surface area contributed by atoms with Gasteiger partial charge in [0.25, 0.3) is 0 Å². The van der Waals surface area contributed by atoms with Crippen LogP contribution in [0.5, 0.6) is 0 Å². The van der Waals surface area contributed by atoms with Gasteiger partial charge in [0.2, 0.25) is 0 Å². The summed E-state index contributed by atoms with van der Waals surface area (Å²) < 4.78 is 38.1. The van der Waals surface area contributed by atoms with Gasteiger partial charge in [0, 0.05) is 46.0 Å². The molecule has 1 aromatic rings. The summed E-state index contributed by atoms with van der Waals surface area (Å²) in [5.41, 5.74) is 1.02. The van der Waals surface area contributed by atoms with Crippen molar-refractivity contribution in [3.05, 3.63) is 23.0 Å². The number of halogens is 5. The van der Waals surface area contributed by atoms with E-state index in [-0.39, 0.29) is 30.4 Å².